The van der Waals surface area contributed by atoms with Crippen molar-refractivity contribution >= 4 is 17.5 Å². The van der Waals surface area contributed by atoms with E-state index in [9.17, 15) is 4.79 Å². The molecule has 1 heterocycles. The third-order valence-electron chi connectivity index (χ3n) is 3.60. The predicted octanol–water partition coefficient (Wildman–Crippen LogP) is 3.91. The number of halogens is 1. The van der Waals surface area contributed by atoms with Crippen LogP contribution >= 0.6 is 11.6 Å². The van der Waals surface area contributed by atoms with Crippen LogP contribution in [0.4, 0.5) is 0 Å². The van der Waals surface area contributed by atoms with Crippen LogP contribution in [0.2, 0.25) is 5.02 Å². The maximum atomic E-state index is 11.6. The first-order chi connectivity index (χ1) is 11.0. The van der Waals surface area contributed by atoms with Gasteiger partial charge in [-0.25, -0.2) is 4.68 Å². The Morgan fingerprint density at radius 3 is 2.35 bits per heavy atom. The molecule has 0 aliphatic heterocycles. The summed E-state index contributed by atoms with van der Waals surface area (Å²) in [4.78, 5) is 11.6. The fourth-order valence-corrected chi connectivity index (χ4v) is 2.86. The average Bonchev–Trinajstić information content (AvgIpc) is 2.85. The van der Waals surface area contributed by atoms with Crippen molar-refractivity contribution in [2.45, 2.75) is 13.8 Å². The Morgan fingerprint density at radius 1 is 1.09 bits per heavy atom. The first-order valence-corrected chi connectivity index (χ1v) is 7.57. The van der Waals surface area contributed by atoms with Crippen LogP contribution in [0.25, 0.3) is 16.9 Å². The van der Waals surface area contributed by atoms with Gasteiger partial charge in [-0.15, -0.1) is 0 Å². The second kappa shape index (κ2) is 5.89. The van der Waals surface area contributed by atoms with Crippen molar-refractivity contribution in [3.8, 4) is 16.9 Å². The van der Waals surface area contributed by atoms with Crippen LogP contribution in [-0.2, 0) is 0 Å². The van der Waals surface area contributed by atoms with Gasteiger partial charge in [-0.2, -0.15) is 5.10 Å². The Hall–Kier alpha value is -2.59. The van der Waals surface area contributed by atoms with Crippen molar-refractivity contribution in [2.75, 3.05) is 0 Å². The van der Waals surface area contributed by atoms with Crippen molar-refractivity contribution in [1.82, 2.24) is 9.78 Å². The van der Waals surface area contributed by atoms with Gasteiger partial charge in [-0.3, -0.25) is 4.79 Å². The van der Waals surface area contributed by atoms with Gasteiger partial charge in [0.2, 0.25) is 0 Å². The van der Waals surface area contributed by atoms with E-state index in [0.29, 0.717) is 5.69 Å². The number of aryl methyl sites for hydroxylation is 2. The number of hydrogen-bond donors (Lipinski definition) is 1. The van der Waals surface area contributed by atoms with Gasteiger partial charge in [0, 0.05) is 5.56 Å². The zero-order valence-electron chi connectivity index (χ0n) is 12.9. The molecule has 1 aromatic heterocycles. The molecule has 0 spiro atoms. The lowest BCUT2D eigenvalue weighted by Gasteiger charge is -2.09. The van der Waals surface area contributed by atoms with Crippen molar-refractivity contribution in [3.05, 3.63) is 70.4 Å². The molecule has 0 radical (unpaired) electrons. The van der Waals surface area contributed by atoms with Gasteiger partial charge in [0.15, 0.2) is 5.69 Å². The Labute approximate surface area is 139 Å². The summed E-state index contributed by atoms with van der Waals surface area (Å²) in [6, 6.07) is 15.7. The fourth-order valence-electron chi connectivity index (χ4n) is 2.54. The van der Waals surface area contributed by atoms with Gasteiger partial charge in [0.25, 0.3) is 5.91 Å². The molecule has 116 valence electrons. The van der Waals surface area contributed by atoms with E-state index in [1.54, 1.807) is 4.68 Å². The van der Waals surface area contributed by atoms with Crippen molar-refractivity contribution < 1.29 is 4.79 Å². The molecule has 0 bridgehead atoms. The number of carbonyl (C=O) groups excluding carboxylic acids is 1. The van der Waals surface area contributed by atoms with E-state index in [0.717, 1.165) is 22.4 Å². The number of nitrogens with two attached hydrogens (primary N) is 1. The third kappa shape index (κ3) is 2.85. The number of primary amides is 1. The maximum Gasteiger partial charge on any atom is 0.270 e. The Morgan fingerprint density at radius 2 is 1.74 bits per heavy atom. The molecule has 0 aliphatic rings. The van der Waals surface area contributed by atoms with E-state index < -0.39 is 5.91 Å². The number of rotatable bonds is 3. The molecule has 1 amide bonds. The SMILES string of the molecule is Cc1cccc(-c2c(Cl)c(C(N)=O)nn2-c2cccc(C)c2)c1. The summed E-state index contributed by atoms with van der Waals surface area (Å²) in [6.45, 7) is 4.00. The van der Waals surface area contributed by atoms with Crippen LogP contribution < -0.4 is 5.73 Å². The molecule has 0 atom stereocenters. The molecule has 3 aromatic rings. The molecule has 2 N–H and O–H groups in total. The zero-order valence-corrected chi connectivity index (χ0v) is 13.6. The molecular weight excluding hydrogens is 310 g/mol. The van der Waals surface area contributed by atoms with Crippen molar-refractivity contribution in [3.63, 3.8) is 0 Å². The predicted molar refractivity (Wildman–Crippen MR) is 92.0 cm³/mol. The Bertz CT molecular complexity index is 899. The largest absolute Gasteiger partial charge is 0.364 e. The lowest BCUT2D eigenvalue weighted by Crippen LogP contribution is -2.12. The van der Waals surface area contributed by atoms with E-state index >= 15 is 0 Å². The first kappa shape index (κ1) is 15.3. The van der Waals surface area contributed by atoms with Crippen LogP contribution in [0.15, 0.2) is 48.5 Å². The highest BCUT2D eigenvalue weighted by molar-refractivity contribution is 6.36. The number of aromatic nitrogens is 2. The molecule has 3 rings (SSSR count). The van der Waals surface area contributed by atoms with Gasteiger partial charge in [0.1, 0.15) is 5.02 Å². The highest BCUT2D eigenvalue weighted by Gasteiger charge is 2.22. The molecule has 0 fully saturated rings. The normalized spacial score (nSPS) is 10.7. The van der Waals surface area contributed by atoms with Gasteiger partial charge < -0.3 is 5.73 Å². The van der Waals surface area contributed by atoms with Crippen LogP contribution in [0.5, 0.6) is 0 Å². The summed E-state index contributed by atoms with van der Waals surface area (Å²) in [7, 11) is 0. The van der Waals surface area contributed by atoms with Crippen LogP contribution in [-0.4, -0.2) is 15.7 Å². The van der Waals surface area contributed by atoms with E-state index in [1.807, 2.05) is 62.4 Å². The summed E-state index contributed by atoms with van der Waals surface area (Å²) in [5.74, 6) is -0.643. The summed E-state index contributed by atoms with van der Waals surface area (Å²) in [5.41, 5.74) is 10.0. The molecule has 5 heteroatoms. The minimum atomic E-state index is -0.643. The van der Waals surface area contributed by atoms with E-state index in [1.165, 1.54) is 0 Å². The van der Waals surface area contributed by atoms with Gasteiger partial charge in [0.05, 0.1) is 11.4 Å². The van der Waals surface area contributed by atoms with Crippen LogP contribution in [0.3, 0.4) is 0 Å². The quantitative estimate of drug-likeness (QED) is 0.793. The second-order valence-electron chi connectivity index (χ2n) is 5.50. The number of benzene rings is 2. The molecule has 4 nitrogen and oxygen atoms in total. The topological polar surface area (TPSA) is 60.9 Å². The van der Waals surface area contributed by atoms with Crippen molar-refractivity contribution in [1.29, 1.82) is 0 Å². The number of carbonyl (C=O) groups is 1. The number of nitrogens with zero attached hydrogens (tertiary/aromatic N) is 2. The van der Waals surface area contributed by atoms with Crippen LogP contribution in [0.1, 0.15) is 21.6 Å². The molecule has 0 saturated carbocycles. The number of amides is 1. The third-order valence-corrected chi connectivity index (χ3v) is 3.96. The minimum absolute atomic E-state index is 0.0738. The maximum absolute atomic E-state index is 11.6. The van der Waals surface area contributed by atoms with Crippen LogP contribution in [0, 0.1) is 13.8 Å². The lowest BCUT2D eigenvalue weighted by atomic mass is 10.1. The highest BCUT2D eigenvalue weighted by atomic mass is 35.5. The molecular formula is C18H16ClN3O. The summed E-state index contributed by atoms with van der Waals surface area (Å²) in [5, 5.41) is 4.60. The smallest absolute Gasteiger partial charge is 0.270 e. The Balaban J connectivity index is 2.31. The van der Waals surface area contributed by atoms with Gasteiger partial charge >= 0.3 is 0 Å². The first-order valence-electron chi connectivity index (χ1n) is 7.20. The number of hydrogen-bond acceptors (Lipinski definition) is 2. The van der Waals surface area contributed by atoms with Crippen molar-refractivity contribution in [2.24, 2.45) is 5.73 Å². The molecule has 0 unspecified atom stereocenters. The standard InChI is InChI=1S/C18H16ClN3O/c1-11-5-3-7-13(9-11)17-15(19)16(18(20)23)21-22(17)14-8-4-6-12(2)10-14/h3-10H,1-2H3,(H2,20,23). The Kier molecular flexibility index (Phi) is 3.92. The highest BCUT2D eigenvalue weighted by Crippen LogP contribution is 2.33. The zero-order chi connectivity index (χ0) is 16.6. The summed E-state index contributed by atoms with van der Waals surface area (Å²) >= 11 is 6.42. The molecule has 2 aromatic carbocycles. The molecule has 0 aliphatic carbocycles. The van der Waals surface area contributed by atoms with Gasteiger partial charge in [-0.05, 0) is 37.6 Å². The second-order valence-corrected chi connectivity index (χ2v) is 5.87. The van der Waals surface area contributed by atoms with E-state index in [-0.39, 0.29) is 10.7 Å². The summed E-state index contributed by atoms with van der Waals surface area (Å²) < 4.78 is 1.67. The molecule has 0 saturated heterocycles. The van der Waals surface area contributed by atoms with E-state index in [4.69, 9.17) is 17.3 Å². The lowest BCUT2D eigenvalue weighted by molar-refractivity contribution is 0.0995. The molecule has 23 heavy (non-hydrogen) atoms. The average molecular weight is 326 g/mol. The fraction of sp³-hybridized carbons (Fsp3) is 0.111. The van der Waals surface area contributed by atoms with Gasteiger partial charge in [-0.1, -0.05) is 47.5 Å². The summed E-state index contributed by atoms with van der Waals surface area (Å²) in [6.07, 6.45) is 0. The monoisotopic (exact) mass is 325 g/mol. The minimum Gasteiger partial charge on any atom is -0.364 e. The van der Waals surface area contributed by atoms with E-state index in [2.05, 4.69) is 5.10 Å².